The SMILES string of the molecule is CC(C)Cc1cn(-c2nc(C(=O)CS(=O)(=O)c3ccccc3)cs2)c2cc(Cl)ccc12. The molecule has 0 atom stereocenters. The molecule has 0 unspecified atom stereocenters. The lowest BCUT2D eigenvalue weighted by molar-refractivity contribution is 0.101. The Balaban J connectivity index is 1.67. The molecule has 2 aromatic carbocycles. The van der Waals surface area contributed by atoms with E-state index in [1.54, 1.807) is 23.6 Å². The molecule has 0 spiro atoms. The van der Waals surface area contributed by atoms with Crippen molar-refractivity contribution in [2.24, 2.45) is 5.92 Å². The maximum Gasteiger partial charge on any atom is 0.197 e. The Hall–Kier alpha value is -2.48. The monoisotopic (exact) mass is 472 g/mol. The normalized spacial score (nSPS) is 12.0. The van der Waals surface area contributed by atoms with Crippen LogP contribution in [-0.4, -0.2) is 29.5 Å². The third-order valence-corrected chi connectivity index (χ3v) is 7.59. The predicted molar refractivity (Wildman–Crippen MR) is 125 cm³/mol. The molecule has 4 aromatic rings. The number of Topliss-reactive ketones (excluding diaryl/α,β-unsaturated/α-hetero) is 1. The minimum absolute atomic E-state index is 0.128. The molecule has 5 nitrogen and oxygen atoms in total. The molecular weight excluding hydrogens is 452 g/mol. The molecule has 160 valence electrons. The summed E-state index contributed by atoms with van der Waals surface area (Å²) in [7, 11) is -3.72. The number of thiazole rings is 1. The fraction of sp³-hybridized carbons (Fsp3) is 0.217. The van der Waals surface area contributed by atoms with E-state index in [0.717, 1.165) is 17.3 Å². The predicted octanol–water partition coefficient (Wildman–Crippen LogP) is 5.60. The minimum atomic E-state index is -3.72. The molecule has 0 fully saturated rings. The molecule has 2 heterocycles. The summed E-state index contributed by atoms with van der Waals surface area (Å²) in [6, 6.07) is 13.7. The molecule has 0 radical (unpaired) electrons. The van der Waals surface area contributed by atoms with Gasteiger partial charge in [0.25, 0.3) is 0 Å². The van der Waals surface area contributed by atoms with E-state index in [2.05, 4.69) is 18.8 Å². The number of benzene rings is 2. The molecule has 0 aliphatic rings. The van der Waals surface area contributed by atoms with Gasteiger partial charge in [0.05, 0.1) is 10.4 Å². The van der Waals surface area contributed by atoms with E-state index in [4.69, 9.17) is 11.6 Å². The fourth-order valence-corrected chi connectivity index (χ4v) is 5.71. The third kappa shape index (κ3) is 4.59. The van der Waals surface area contributed by atoms with Crippen LogP contribution in [0.2, 0.25) is 5.02 Å². The molecule has 0 amide bonds. The molecule has 0 bridgehead atoms. The molecule has 4 rings (SSSR count). The van der Waals surface area contributed by atoms with Crippen LogP contribution in [0.15, 0.2) is 65.0 Å². The van der Waals surface area contributed by atoms with Gasteiger partial charge in [-0.05, 0) is 42.2 Å². The van der Waals surface area contributed by atoms with Crippen LogP contribution in [0.4, 0.5) is 0 Å². The highest BCUT2D eigenvalue weighted by atomic mass is 35.5. The Morgan fingerprint density at radius 2 is 1.90 bits per heavy atom. The first-order valence-corrected chi connectivity index (χ1v) is 12.7. The number of sulfone groups is 1. The number of carbonyl (C=O) groups is 1. The van der Waals surface area contributed by atoms with Crippen LogP contribution in [0.1, 0.15) is 29.9 Å². The second-order valence-electron chi connectivity index (χ2n) is 7.79. The average Bonchev–Trinajstić information content (AvgIpc) is 3.33. The molecule has 8 heteroatoms. The molecule has 0 aliphatic heterocycles. The second kappa shape index (κ2) is 8.57. The number of ketones is 1. The van der Waals surface area contributed by atoms with Crippen molar-refractivity contribution in [1.82, 2.24) is 9.55 Å². The van der Waals surface area contributed by atoms with Gasteiger partial charge in [-0.2, -0.15) is 0 Å². The first-order chi connectivity index (χ1) is 14.7. The molecule has 0 aliphatic carbocycles. The van der Waals surface area contributed by atoms with Crippen LogP contribution in [0.3, 0.4) is 0 Å². The van der Waals surface area contributed by atoms with Crippen LogP contribution >= 0.6 is 22.9 Å². The summed E-state index contributed by atoms with van der Waals surface area (Å²) < 4.78 is 27.0. The van der Waals surface area contributed by atoms with Gasteiger partial charge >= 0.3 is 0 Å². The number of hydrogen-bond acceptors (Lipinski definition) is 5. The van der Waals surface area contributed by atoms with Gasteiger partial charge in [0.15, 0.2) is 20.8 Å². The smallest absolute Gasteiger partial charge is 0.197 e. The van der Waals surface area contributed by atoms with Crippen molar-refractivity contribution in [3.63, 3.8) is 0 Å². The van der Waals surface area contributed by atoms with Gasteiger partial charge in [-0.15, -0.1) is 11.3 Å². The van der Waals surface area contributed by atoms with E-state index in [1.807, 2.05) is 29.0 Å². The number of carbonyl (C=O) groups excluding carboxylic acids is 1. The lowest BCUT2D eigenvalue weighted by Crippen LogP contribution is -2.16. The maximum atomic E-state index is 12.7. The van der Waals surface area contributed by atoms with Crippen molar-refractivity contribution >= 4 is 49.5 Å². The number of hydrogen-bond donors (Lipinski definition) is 0. The summed E-state index contributed by atoms with van der Waals surface area (Å²) in [6.45, 7) is 4.32. The van der Waals surface area contributed by atoms with Crippen molar-refractivity contribution in [3.8, 4) is 5.13 Å². The Morgan fingerprint density at radius 3 is 2.61 bits per heavy atom. The van der Waals surface area contributed by atoms with Crippen LogP contribution in [0, 0.1) is 5.92 Å². The Kier molecular flexibility index (Phi) is 6.01. The quantitative estimate of drug-likeness (QED) is 0.328. The zero-order valence-corrected chi connectivity index (χ0v) is 19.5. The molecule has 0 saturated heterocycles. The van der Waals surface area contributed by atoms with Crippen molar-refractivity contribution in [2.45, 2.75) is 25.2 Å². The Bertz CT molecular complexity index is 1360. The summed E-state index contributed by atoms with van der Waals surface area (Å²) in [5.41, 5.74) is 2.23. The minimum Gasteiger partial charge on any atom is -0.292 e. The van der Waals surface area contributed by atoms with E-state index in [-0.39, 0.29) is 10.6 Å². The lowest BCUT2D eigenvalue weighted by Gasteiger charge is -2.02. The lowest BCUT2D eigenvalue weighted by atomic mass is 10.0. The maximum absolute atomic E-state index is 12.7. The Morgan fingerprint density at radius 1 is 1.16 bits per heavy atom. The number of rotatable bonds is 7. The largest absolute Gasteiger partial charge is 0.292 e. The number of nitrogens with zero attached hydrogens (tertiary/aromatic N) is 2. The number of halogens is 1. The van der Waals surface area contributed by atoms with E-state index >= 15 is 0 Å². The summed E-state index contributed by atoms with van der Waals surface area (Å²) in [6.07, 6.45) is 2.92. The summed E-state index contributed by atoms with van der Waals surface area (Å²) in [5, 5.41) is 3.91. The third-order valence-electron chi connectivity index (χ3n) is 4.89. The molecular formula is C23H21ClN2O3S2. The molecule has 31 heavy (non-hydrogen) atoms. The molecule has 0 saturated carbocycles. The van der Waals surface area contributed by atoms with Gasteiger partial charge in [-0.1, -0.05) is 49.7 Å². The van der Waals surface area contributed by atoms with Gasteiger partial charge in [-0.3, -0.25) is 9.36 Å². The van der Waals surface area contributed by atoms with Crippen LogP contribution in [0.5, 0.6) is 0 Å². The standard InChI is InChI=1S/C23H21ClN2O3S2/c1-15(2)10-16-12-26(21-11-17(24)8-9-19(16)21)23-25-20(13-30-23)22(27)14-31(28,29)18-6-4-3-5-7-18/h3-9,11-13,15H,10,14H2,1-2H3. The zero-order valence-electron chi connectivity index (χ0n) is 17.1. The second-order valence-corrected chi connectivity index (χ2v) is 11.1. The van der Waals surface area contributed by atoms with Gasteiger partial charge in [0.2, 0.25) is 0 Å². The van der Waals surface area contributed by atoms with E-state index in [1.165, 1.54) is 29.0 Å². The van der Waals surface area contributed by atoms with Gasteiger partial charge in [0, 0.05) is 22.0 Å². The van der Waals surface area contributed by atoms with Crippen molar-refractivity contribution in [3.05, 3.63) is 76.4 Å². The van der Waals surface area contributed by atoms with E-state index < -0.39 is 21.4 Å². The molecule has 0 N–H and O–H groups in total. The number of aromatic nitrogens is 2. The van der Waals surface area contributed by atoms with E-state index in [0.29, 0.717) is 16.1 Å². The summed E-state index contributed by atoms with van der Waals surface area (Å²) in [5.74, 6) is -0.661. The van der Waals surface area contributed by atoms with Crippen molar-refractivity contribution < 1.29 is 13.2 Å². The van der Waals surface area contributed by atoms with Gasteiger partial charge in [-0.25, -0.2) is 13.4 Å². The van der Waals surface area contributed by atoms with Crippen LogP contribution in [-0.2, 0) is 16.3 Å². The highest BCUT2D eigenvalue weighted by molar-refractivity contribution is 7.92. The van der Waals surface area contributed by atoms with E-state index in [9.17, 15) is 13.2 Å². The average molecular weight is 473 g/mol. The zero-order chi connectivity index (χ0) is 22.2. The Labute approximate surface area is 190 Å². The van der Waals surface area contributed by atoms with Crippen molar-refractivity contribution in [1.29, 1.82) is 0 Å². The summed E-state index contributed by atoms with van der Waals surface area (Å²) >= 11 is 7.53. The first kappa shape index (κ1) is 21.7. The molecule has 2 aromatic heterocycles. The van der Waals surface area contributed by atoms with Crippen molar-refractivity contribution in [2.75, 3.05) is 5.75 Å². The van der Waals surface area contributed by atoms with Crippen LogP contribution < -0.4 is 0 Å². The van der Waals surface area contributed by atoms with Gasteiger partial charge < -0.3 is 0 Å². The summed E-state index contributed by atoms with van der Waals surface area (Å²) in [4.78, 5) is 17.3. The fourth-order valence-electron chi connectivity index (χ4n) is 3.49. The number of fused-ring (bicyclic) bond motifs is 1. The van der Waals surface area contributed by atoms with Crippen LogP contribution in [0.25, 0.3) is 16.0 Å². The highest BCUT2D eigenvalue weighted by Crippen LogP contribution is 2.30. The van der Waals surface area contributed by atoms with Gasteiger partial charge in [0.1, 0.15) is 11.4 Å². The topological polar surface area (TPSA) is 69.0 Å². The first-order valence-electron chi connectivity index (χ1n) is 9.81. The highest BCUT2D eigenvalue weighted by Gasteiger charge is 2.23.